The molecule has 10 radical (unpaired) electrons. The van der Waals surface area contributed by atoms with E-state index in [4.69, 9.17) is 58.6 Å². The normalized spacial score (nSPS) is 11.7. The molecule has 266 valence electrons. The smallest absolute Gasteiger partial charge is 0.164 e. The van der Waals surface area contributed by atoms with Crippen LogP contribution in [0.1, 0.15) is 0 Å². The second-order valence-electron chi connectivity index (χ2n) is 15.1. The Morgan fingerprint density at radius 1 is 0.283 bits per heavy atom. The summed E-state index contributed by atoms with van der Waals surface area (Å²) in [4.78, 5) is 14.9. The molecule has 60 heavy (non-hydrogen) atoms. The molecule has 11 rings (SSSR count). The fourth-order valence-electron chi connectivity index (χ4n) is 8.48. The van der Waals surface area contributed by atoms with E-state index in [0.29, 0.717) is 23.0 Å². The molecule has 9 heteroatoms. The van der Waals surface area contributed by atoms with Crippen LogP contribution in [0.3, 0.4) is 0 Å². The van der Waals surface area contributed by atoms with Gasteiger partial charge in [0.05, 0.1) is 0 Å². The minimum absolute atomic E-state index is 0.173. The number of fused-ring (bicyclic) bond motifs is 9. The standard InChI is InChI=1S/C51H26B5N3O/c52-44-43(45(53)47(55)48(56)46(44)54)27-14-16-29(17-15-27)50-57-49(28-8-2-1-3-9-28)58-51(59-50)32-20-23-41-40(25-32)38-22-19-31(26-42(38)60-41)30-18-21-37-35-12-5-4-10-33(35)34-11-6-7-13-36(34)39(37)24-30/h1-26H. The first kappa shape index (κ1) is 36.0. The van der Waals surface area contributed by atoms with E-state index >= 15 is 0 Å². The molecule has 0 unspecified atom stereocenters. The summed E-state index contributed by atoms with van der Waals surface area (Å²) in [5.74, 6) is 1.57. The van der Waals surface area contributed by atoms with Crippen LogP contribution in [-0.4, -0.2) is 54.2 Å². The SMILES string of the molecule is [B]c1c([B])c([B])c(-c2ccc(-c3nc(-c4ccccc4)nc(-c4ccc5oc6cc(-c7ccc8c9ccccc9c9ccccc9c8c7)ccc6c5c4)n3)cc2)c([B])c1[B]. The van der Waals surface area contributed by atoms with Gasteiger partial charge in [-0.1, -0.05) is 132 Å². The van der Waals surface area contributed by atoms with Gasteiger partial charge in [-0.15, -0.1) is 16.4 Å². The monoisotopic (exact) mass is 751 g/mol. The Morgan fingerprint density at radius 3 is 1.32 bits per heavy atom. The van der Waals surface area contributed by atoms with E-state index in [0.717, 1.165) is 55.3 Å². The van der Waals surface area contributed by atoms with Crippen LogP contribution >= 0.6 is 0 Å². The number of furan rings is 1. The molecule has 2 aromatic heterocycles. The zero-order valence-electron chi connectivity index (χ0n) is 32.1. The molecular weight excluding hydrogens is 725 g/mol. The van der Waals surface area contributed by atoms with Crippen molar-refractivity contribution in [2.45, 2.75) is 0 Å². The summed E-state index contributed by atoms with van der Waals surface area (Å²) in [6.07, 6.45) is 0. The Bertz CT molecular complexity index is 3490. The maximum absolute atomic E-state index is 6.50. The van der Waals surface area contributed by atoms with E-state index in [1.807, 2.05) is 66.7 Å². The first-order valence-corrected chi connectivity index (χ1v) is 19.5. The predicted octanol–water partition coefficient (Wildman–Crippen LogP) is 7.53. The summed E-state index contributed by atoms with van der Waals surface area (Å²) in [6.45, 7) is 0. The third kappa shape index (κ3) is 5.79. The molecule has 0 aliphatic rings. The molecule has 0 atom stereocenters. The molecule has 0 spiro atoms. The van der Waals surface area contributed by atoms with Gasteiger partial charge in [0.1, 0.15) is 50.4 Å². The molecule has 0 saturated carbocycles. The van der Waals surface area contributed by atoms with Crippen molar-refractivity contribution in [3.63, 3.8) is 0 Å². The molecule has 9 aromatic carbocycles. The highest BCUT2D eigenvalue weighted by molar-refractivity contribution is 6.68. The lowest BCUT2D eigenvalue weighted by molar-refractivity contribution is 0.669. The third-order valence-electron chi connectivity index (χ3n) is 11.6. The zero-order valence-corrected chi connectivity index (χ0v) is 32.1. The maximum atomic E-state index is 6.50. The number of rotatable bonds is 5. The van der Waals surface area contributed by atoms with Crippen LogP contribution in [0.2, 0.25) is 0 Å². The maximum Gasteiger partial charge on any atom is 0.164 e. The zero-order chi connectivity index (χ0) is 40.6. The highest BCUT2D eigenvalue weighted by Gasteiger charge is 2.17. The van der Waals surface area contributed by atoms with Crippen LogP contribution in [0.25, 0.3) is 111 Å². The van der Waals surface area contributed by atoms with Crippen LogP contribution in [-0.2, 0) is 0 Å². The molecule has 4 nitrogen and oxygen atoms in total. The van der Waals surface area contributed by atoms with Gasteiger partial charge in [-0.2, -0.15) is 0 Å². The number of hydrogen-bond donors (Lipinski definition) is 0. The van der Waals surface area contributed by atoms with Crippen molar-refractivity contribution in [3.8, 4) is 56.4 Å². The van der Waals surface area contributed by atoms with Gasteiger partial charge in [0.15, 0.2) is 17.5 Å². The van der Waals surface area contributed by atoms with Crippen LogP contribution in [0.5, 0.6) is 0 Å². The van der Waals surface area contributed by atoms with E-state index in [1.54, 1.807) is 0 Å². The van der Waals surface area contributed by atoms with Gasteiger partial charge in [0.2, 0.25) is 0 Å². The summed E-state index contributed by atoms with van der Waals surface area (Å²) in [5, 5.41) is 9.45. The lowest BCUT2D eigenvalue weighted by Crippen LogP contribution is -2.55. The Labute approximate surface area is 352 Å². The molecule has 0 fully saturated rings. The first-order chi connectivity index (χ1) is 29.3. The number of nitrogens with zero attached hydrogens (tertiary/aromatic N) is 3. The Balaban J connectivity index is 0.994. The number of aromatic nitrogens is 3. The quantitative estimate of drug-likeness (QED) is 0.135. The summed E-state index contributed by atoms with van der Waals surface area (Å²) in [6, 6.07) is 54.0. The highest BCUT2D eigenvalue weighted by atomic mass is 16.3. The van der Waals surface area contributed by atoms with Crippen LogP contribution in [0.15, 0.2) is 162 Å². The van der Waals surface area contributed by atoms with E-state index in [1.165, 1.54) is 32.3 Å². The molecule has 0 bridgehead atoms. The molecule has 0 aliphatic carbocycles. The lowest BCUT2D eigenvalue weighted by atomic mass is 9.59. The minimum Gasteiger partial charge on any atom is -0.456 e. The number of hydrogen-bond acceptors (Lipinski definition) is 4. The first-order valence-electron chi connectivity index (χ1n) is 19.5. The number of benzene rings is 9. The van der Waals surface area contributed by atoms with E-state index in [2.05, 4.69) is 91.0 Å². The second-order valence-corrected chi connectivity index (χ2v) is 15.1. The molecular formula is C51H26B5N3O. The van der Waals surface area contributed by atoms with Gasteiger partial charge in [-0.3, -0.25) is 0 Å². The van der Waals surface area contributed by atoms with Gasteiger partial charge in [-0.25, -0.2) is 15.0 Å². The Morgan fingerprint density at radius 2 is 0.700 bits per heavy atom. The van der Waals surface area contributed by atoms with Crippen molar-refractivity contribution >= 4 is 121 Å². The van der Waals surface area contributed by atoms with Crippen molar-refractivity contribution < 1.29 is 4.42 Å². The lowest BCUT2D eigenvalue weighted by Gasteiger charge is -2.21. The van der Waals surface area contributed by atoms with E-state index < -0.39 is 0 Å². The third-order valence-corrected chi connectivity index (χ3v) is 11.6. The van der Waals surface area contributed by atoms with E-state index in [9.17, 15) is 0 Å². The van der Waals surface area contributed by atoms with Crippen molar-refractivity contribution in [2.75, 3.05) is 0 Å². The average molecular weight is 751 g/mol. The van der Waals surface area contributed by atoms with Crippen molar-refractivity contribution in [1.82, 2.24) is 15.0 Å². The van der Waals surface area contributed by atoms with E-state index in [-0.39, 0.29) is 27.3 Å². The molecule has 11 aromatic rings. The predicted molar refractivity (Wildman–Crippen MR) is 254 cm³/mol. The van der Waals surface area contributed by atoms with Crippen LogP contribution in [0, 0.1) is 0 Å². The van der Waals surface area contributed by atoms with Crippen molar-refractivity contribution in [1.29, 1.82) is 0 Å². The van der Waals surface area contributed by atoms with Crippen molar-refractivity contribution in [2.24, 2.45) is 0 Å². The van der Waals surface area contributed by atoms with Crippen molar-refractivity contribution in [3.05, 3.63) is 158 Å². The molecule has 2 heterocycles. The average Bonchev–Trinajstić information content (AvgIpc) is 3.68. The van der Waals surface area contributed by atoms with Gasteiger partial charge < -0.3 is 4.42 Å². The summed E-state index contributed by atoms with van der Waals surface area (Å²) < 4.78 is 6.50. The Kier molecular flexibility index (Phi) is 8.42. The highest BCUT2D eigenvalue weighted by Crippen LogP contribution is 2.39. The Hall–Kier alpha value is -7.11. The van der Waals surface area contributed by atoms with Gasteiger partial charge >= 0.3 is 0 Å². The summed E-state index contributed by atoms with van der Waals surface area (Å²) >= 11 is 0. The molecule has 0 amide bonds. The summed E-state index contributed by atoms with van der Waals surface area (Å²) in [5.41, 5.74) is 8.62. The second kappa shape index (κ2) is 14.0. The minimum atomic E-state index is 0.173. The topological polar surface area (TPSA) is 51.8 Å². The molecule has 0 saturated heterocycles. The fourth-order valence-corrected chi connectivity index (χ4v) is 8.48. The van der Waals surface area contributed by atoms with Gasteiger partial charge in [0, 0.05) is 27.5 Å². The largest absolute Gasteiger partial charge is 0.456 e. The van der Waals surface area contributed by atoms with Gasteiger partial charge in [-0.05, 0) is 91.0 Å². The molecule has 0 aliphatic heterocycles. The van der Waals surface area contributed by atoms with Gasteiger partial charge in [0.25, 0.3) is 0 Å². The summed E-state index contributed by atoms with van der Waals surface area (Å²) in [7, 11) is 31.1. The van der Waals surface area contributed by atoms with Crippen LogP contribution in [0.4, 0.5) is 0 Å². The van der Waals surface area contributed by atoms with Crippen LogP contribution < -0.4 is 27.3 Å². The fraction of sp³-hybridized carbons (Fsp3) is 0. The molecule has 0 N–H and O–H groups in total.